The Morgan fingerprint density at radius 1 is 1.30 bits per heavy atom. The minimum atomic E-state index is 0.180. The molecule has 5 heteroatoms. The van der Waals surface area contributed by atoms with Crippen LogP contribution in [0.25, 0.3) is 0 Å². The predicted octanol–water partition coefficient (Wildman–Crippen LogP) is 3.40. The largest absolute Gasteiger partial charge is 0.370 e. The third-order valence-electron chi connectivity index (χ3n) is 4.13. The normalized spacial score (nSPS) is 23.8. The Balaban J connectivity index is 2.04. The summed E-state index contributed by atoms with van der Waals surface area (Å²) < 4.78 is 9.26. The minimum Gasteiger partial charge on any atom is -0.370 e. The van der Waals surface area contributed by atoms with Gasteiger partial charge >= 0.3 is 0 Å². The van der Waals surface area contributed by atoms with E-state index in [0.29, 0.717) is 6.61 Å². The van der Waals surface area contributed by atoms with Gasteiger partial charge in [-0.15, -0.1) is 0 Å². The summed E-state index contributed by atoms with van der Waals surface area (Å²) in [6, 6.07) is 0.180. The van der Waals surface area contributed by atoms with Crippen molar-refractivity contribution in [3.63, 3.8) is 0 Å². The Morgan fingerprint density at radius 2 is 2.05 bits per heavy atom. The average Bonchev–Trinajstić information content (AvgIpc) is 2.61. The van der Waals surface area contributed by atoms with Crippen molar-refractivity contribution in [2.75, 3.05) is 0 Å². The van der Waals surface area contributed by atoms with Gasteiger partial charge in [-0.25, -0.2) is 0 Å². The molecule has 0 saturated heterocycles. The summed E-state index contributed by atoms with van der Waals surface area (Å²) in [5.41, 5.74) is 8.47. The maximum Gasteiger partial charge on any atom is 0.0900 e. The topological polar surface area (TPSA) is 53.1 Å². The fraction of sp³-hybridized carbons (Fsp3) is 0.800. The van der Waals surface area contributed by atoms with Gasteiger partial charge < -0.3 is 10.5 Å². The first-order valence-electron chi connectivity index (χ1n) is 7.78. The standard InChI is InChI=1S/C15H26BrN3O/c1-3-12-15(16)13(19(4-2)18-12)10-20-14-9-7-5-6-8-11(14)17/h11,14H,3-10,17H2,1-2H3. The van der Waals surface area contributed by atoms with E-state index in [-0.39, 0.29) is 12.1 Å². The fourth-order valence-electron chi connectivity index (χ4n) is 2.85. The van der Waals surface area contributed by atoms with Gasteiger partial charge in [0, 0.05) is 12.6 Å². The van der Waals surface area contributed by atoms with Crippen LogP contribution in [0.15, 0.2) is 4.47 Å². The molecule has 0 bridgehead atoms. The van der Waals surface area contributed by atoms with Gasteiger partial charge in [-0.05, 0) is 42.1 Å². The number of nitrogens with two attached hydrogens (primary N) is 1. The van der Waals surface area contributed by atoms with Gasteiger partial charge in [0.25, 0.3) is 0 Å². The van der Waals surface area contributed by atoms with E-state index in [4.69, 9.17) is 10.5 Å². The summed E-state index contributed by atoms with van der Waals surface area (Å²) in [5.74, 6) is 0. The second kappa shape index (κ2) is 7.57. The van der Waals surface area contributed by atoms with E-state index in [2.05, 4.69) is 34.9 Å². The molecule has 114 valence electrons. The van der Waals surface area contributed by atoms with Crippen LogP contribution in [0, 0.1) is 0 Å². The molecule has 1 aromatic heterocycles. The molecule has 1 aliphatic carbocycles. The molecule has 0 spiro atoms. The van der Waals surface area contributed by atoms with Crippen molar-refractivity contribution < 1.29 is 4.74 Å². The number of nitrogens with zero attached hydrogens (tertiary/aromatic N) is 2. The maximum atomic E-state index is 6.22. The monoisotopic (exact) mass is 343 g/mol. The molecule has 0 aliphatic heterocycles. The number of ether oxygens (including phenoxy) is 1. The van der Waals surface area contributed by atoms with E-state index < -0.39 is 0 Å². The van der Waals surface area contributed by atoms with Crippen LogP contribution >= 0.6 is 15.9 Å². The molecule has 0 amide bonds. The highest BCUT2D eigenvalue weighted by Gasteiger charge is 2.22. The lowest BCUT2D eigenvalue weighted by Gasteiger charge is -2.22. The van der Waals surface area contributed by atoms with Crippen LogP contribution in [0.5, 0.6) is 0 Å². The Morgan fingerprint density at radius 3 is 2.75 bits per heavy atom. The van der Waals surface area contributed by atoms with Gasteiger partial charge in [0.1, 0.15) is 0 Å². The molecule has 0 radical (unpaired) electrons. The van der Waals surface area contributed by atoms with E-state index in [1.54, 1.807) is 0 Å². The number of aryl methyl sites for hydroxylation is 2. The first-order valence-corrected chi connectivity index (χ1v) is 8.57. The Labute approximate surface area is 130 Å². The minimum absolute atomic E-state index is 0.180. The second-order valence-electron chi connectivity index (χ2n) is 5.53. The van der Waals surface area contributed by atoms with Crippen molar-refractivity contribution in [1.29, 1.82) is 0 Å². The van der Waals surface area contributed by atoms with Crippen LogP contribution in [0.1, 0.15) is 57.3 Å². The van der Waals surface area contributed by atoms with E-state index in [0.717, 1.165) is 41.7 Å². The SMILES string of the molecule is CCc1nn(CC)c(COC2CCCCCC2N)c1Br. The zero-order chi connectivity index (χ0) is 14.5. The molecule has 4 nitrogen and oxygen atoms in total. The van der Waals surface area contributed by atoms with Crippen LogP contribution in [-0.2, 0) is 24.3 Å². The van der Waals surface area contributed by atoms with Crippen LogP contribution in [0.4, 0.5) is 0 Å². The van der Waals surface area contributed by atoms with E-state index in [1.807, 2.05) is 4.68 Å². The molecule has 2 N–H and O–H groups in total. The predicted molar refractivity (Wildman–Crippen MR) is 84.6 cm³/mol. The molecule has 1 aliphatic rings. The maximum absolute atomic E-state index is 6.22. The van der Waals surface area contributed by atoms with Gasteiger partial charge in [-0.3, -0.25) is 4.68 Å². The van der Waals surface area contributed by atoms with Gasteiger partial charge in [0.05, 0.1) is 28.6 Å². The molecular weight excluding hydrogens is 318 g/mol. The lowest BCUT2D eigenvalue weighted by Crippen LogP contribution is -2.35. The Bertz CT molecular complexity index is 433. The van der Waals surface area contributed by atoms with Crippen LogP contribution in [0.2, 0.25) is 0 Å². The molecule has 1 fully saturated rings. The van der Waals surface area contributed by atoms with Crippen molar-refractivity contribution in [3.8, 4) is 0 Å². The van der Waals surface area contributed by atoms with Gasteiger partial charge in [0.2, 0.25) is 0 Å². The molecule has 1 saturated carbocycles. The van der Waals surface area contributed by atoms with E-state index in [1.165, 1.54) is 19.3 Å². The van der Waals surface area contributed by atoms with E-state index >= 15 is 0 Å². The smallest absolute Gasteiger partial charge is 0.0900 e. The van der Waals surface area contributed by atoms with Crippen molar-refractivity contribution in [3.05, 3.63) is 15.9 Å². The zero-order valence-corrected chi connectivity index (χ0v) is 14.2. The van der Waals surface area contributed by atoms with Gasteiger partial charge in [0.15, 0.2) is 0 Å². The van der Waals surface area contributed by atoms with Crippen LogP contribution < -0.4 is 5.73 Å². The summed E-state index contributed by atoms with van der Waals surface area (Å²) in [5, 5.41) is 4.61. The third-order valence-corrected chi connectivity index (χ3v) is 5.05. The summed E-state index contributed by atoms with van der Waals surface area (Å²) in [6.45, 7) is 5.70. The van der Waals surface area contributed by atoms with Crippen molar-refractivity contribution >= 4 is 15.9 Å². The molecular formula is C15H26BrN3O. The summed E-state index contributed by atoms with van der Waals surface area (Å²) in [4.78, 5) is 0. The highest BCUT2D eigenvalue weighted by molar-refractivity contribution is 9.10. The van der Waals surface area contributed by atoms with Crippen molar-refractivity contribution in [2.45, 2.75) is 77.7 Å². The lowest BCUT2D eigenvalue weighted by molar-refractivity contribution is 0.0158. The first kappa shape index (κ1) is 16.0. The molecule has 1 heterocycles. The van der Waals surface area contributed by atoms with Crippen LogP contribution in [0.3, 0.4) is 0 Å². The molecule has 20 heavy (non-hydrogen) atoms. The number of aromatic nitrogens is 2. The third kappa shape index (κ3) is 3.62. The van der Waals surface area contributed by atoms with Gasteiger partial charge in [-0.1, -0.05) is 26.2 Å². The molecule has 2 unspecified atom stereocenters. The highest BCUT2D eigenvalue weighted by Crippen LogP contribution is 2.25. The lowest BCUT2D eigenvalue weighted by atomic mass is 10.1. The molecule has 0 aromatic carbocycles. The van der Waals surface area contributed by atoms with Gasteiger partial charge in [-0.2, -0.15) is 5.10 Å². The first-order chi connectivity index (χ1) is 9.67. The van der Waals surface area contributed by atoms with Crippen LogP contribution in [-0.4, -0.2) is 21.9 Å². The fourth-order valence-corrected chi connectivity index (χ4v) is 3.53. The van der Waals surface area contributed by atoms with Crippen molar-refractivity contribution in [1.82, 2.24) is 9.78 Å². The summed E-state index contributed by atoms with van der Waals surface area (Å²) in [6.07, 6.45) is 7.03. The number of halogens is 1. The highest BCUT2D eigenvalue weighted by atomic mass is 79.9. The molecule has 1 aromatic rings. The second-order valence-corrected chi connectivity index (χ2v) is 6.32. The summed E-state index contributed by atoms with van der Waals surface area (Å²) in [7, 11) is 0. The quantitative estimate of drug-likeness (QED) is 0.833. The zero-order valence-electron chi connectivity index (χ0n) is 12.6. The average molecular weight is 344 g/mol. The summed E-state index contributed by atoms with van der Waals surface area (Å²) >= 11 is 3.66. The Hall–Kier alpha value is -0.390. The molecule has 2 rings (SSSR count). The number of rotatable bonds is 5. The Kier molecular flexibility index (Phi) is 6.05. The van der Waals surface area contributed by atoms with E-state index in [9.17, 15) is 0 Å². The number of hydrogen-bond donors (Lipinski definition) is 1. The molecule has 2 atom stereocenters. The number of hydrogen-bond acceptors (Lipinski definition) is 3. The van der Waals surface area contributed by atoms with Crippen molar-refractivity contribution in [2.24, 2.45) is 5.73 Å².